The molecule has 2 aromatic rings. The molecule has 1 unspecified atom stereocenters. The number of rotatable bonds is 6. The van der Waals surface area contributed by atoms with Crippen molar-refractivity contribution in [1.82, 2.24) is 4.98 Å². The summed E-state index contributed by atoms with van der Waals surface area (Å²) in [6.45, 7) is 4.68. The fourth-order valence-corrected chi connectivity index (χ4v) is 2.28. The second-order valence-electron chi connectivity index (χ2n) is 4.45. The van der Waals surface area contributed by atoms with Crippen LogP contribution in [0.4, 0.5) is 5.69 Å². The topological polar surface area (TPSA) is 34.1 Å². The Morgan fingerprint density at radius 1 is 1.25 bits per heavy atom. The van der Waals surface area contributed by atoms with Gasteiger partial charge in [-0.2, -0.15) is 0 Å². The number of nitrogens with zero attached hydrogens (tertiary/aromatic N) is 1. The smallest absolute Gasteiger partial charge is 0.237 e. The van der Waals surface area contributed by atoms with Crippen molar-refractivity contribution in [2.24, 2.45) is 0 Å². The maximum atomic E-state index is 6.07. The third-order valence-corrected chi connectivity index (χ3v) is 3.28. The molecular weight excluding hydrogens is 272 g/mol. The van der Waals surface area contributed by atoms with Crippen LogP contribution in [0.1, 0.15) is 31.9 Å². The minimum Gasteiger partial charge on any atom is -0.476 e. The van der Waals surface area contributed by atoms with Crippen LogP contribution in [0.5, 0.6) is 5.88 Å². The van der Waals surface area contributed by atoms with Gasteiger partial charge in [-0.25, -0.2) is 4.98 Å². The number of benzene rings is 1. The molecule has 1 atom stereocenters. The number of aromatic nitrogens is 1. The second kappa shape index (κ2) is 7.15. The van der Waals surface area contributed by atoms with Gasteiger partial charge < -0.3 is 10.1 Å². The van der Waals surface area contributed by atoms with Crippen molar-refractivity contribution in [3.8, 4) is 5.88 Å². The molecule has 0 spiro atoms. The van der Waals surface area contributed by atoms with Crippen LogP contribution >= 0.6 is 11.6 Å². The first-order chi connectivity index (χ1) is 9.74. The zero-order valence-electron chi connectivity index (χ0n) is 11.8. The quantitative estimate of drug-likeness (QED) is 0.837. The van der Waals surface area contributed by atoms with Crippen molar-refractivity contribution in [2.45, 2.75) is 26.3 Å². The standard InChI is InChI=1S/C16H19ClN2O/c1-3-14(12-7-5-8-13(17)11-12)19-15-9-6-10-18-16(15)20-4-2/h5-11,14,19H,3-4H2,1-2H3. The van der Waals surface area contributed by atoms with E-state index in [-0.39, 0.29) is 6.04 Å². The van der Waals surface area contributed by atoms with E-state index < -0.39 is 0 Å². The summed E-state index contributed by atoms with van der Waals surface area (Å²) in [4.78, 5) is 4.26. The van der Waals surface area contributed by atoms with Crippen molar-refractivity contribution in [2.75, 3.05) is 11.9 Å². The SMILES string of the molecule is CCOc1ncccc1NC(CC)c1cccc(Cl)c1. The van der Waals surface area contributed by atoms with Gasteiger partial charge in [0.2, 0.25) is 5.88 Å². The van der Waals surface area contributed by atoms with Crippen molar-refractivity contribution >= 4 is 17.3 Å². The molecule has 4 heteroatoms. The molecule has 20 heavy (non-hydrogen) atoms. The van der Waals surface area contributed by atoms with Gasteiger partial charge >= 0.3 is 0 Å². The lowest BCUT2D eigenvalue weighted by Crippen LogP contribution is -2.11. The number of nitrogens with one attached hydrogen (secondary N) is 1. The summed E-state index contributed by atoms with van der Waals surface area (Å²) in [5, 5.41) is 4.23. The molecular formula is C16H19ClN2O. The van der Waals surface area contributed by atoms with Gasteiger partial charge in [0.1, 0.15) is 0 Å². The predicted molar refractivity (Wildman–Crippen MR) is 83.5 cm³/mol. The highest BCUT2D eigenvalue weighted by Gasteiger charge is 2.12. The number of halogens is 1. The van der Waals surface area contributed by atoms with Crippen LogP contribution in [0, 0.1) is 0 Å². The second-order valence-corrected chi connectivity index (χ2v) is 4.89. The molecule has 0 saturated carbocycles. The first-order valence-corrected chi connectivity index (χ1v) is 7.22. The van der Waals surface area contributed by atoms with Gasteiger partial charge in [0.15, 0.2) is 0 Å². The van der Waals surface area contributed by atoms with Gasteiger partial charge in [0, 0.05) is 11.2 Å². The third-order valence-electron chi connectivity index (χ3n) is 3.04. The molecule has 0 aliphatic rings. The summed E-state index contributed by atoms with van der Waals surface area (Å²) in [6, 6.07) is 12.0. The van der Waals surface area contributed by atoms with Gasteiger partial charge in [-0.05, 0) is 43.2 Å². The predicted octanol–water partition coefficient (Wildman–Crippen LogP) is 4.70. The molecule has 1 heterocycles. The number of pyridine rings is 1. The van der Waals surface area contributed by atoms with Crippen LogP contribution in [0.25, 0.3) is 0 Å². The lowest BCUT2D eigenvalue weighted by Gasteiger charge is -2.20. The molecule has 0 saturated heterocycles. The zero-order valence-corrected chi connectivity index (χ0v) is 12.5. The summed E-state index contributed by atoms with van der Waals surface area (Å²) in [5.74, 6) is 0.635. The Kier molecular flexibility index (Phi) is 5.24. The molecule has 1 aromatic heterocycles. The Morgan fingerprint density at radius 3 is 2.80 bits per heavy atom. The van der Waals surface area contributed by atoms with Gasteiger partial charge in [-0.15, -0.1) is 0 Å². The highest BCUT2D eigenvalue weighted by molar-refractivity contribution is 6.30. The molecule has 0 radical (unpaired) electrons. The Hall–Kier alpha value is -1.74. The fourth-order valence-electron chi connectivity index (χ4n) is 2.08. The average molecular weight is 291 g/mol. The summed E-state index contributed by atoms with van der Waals surface area (Å²) < 4.78 is 5.54. The zero-order chi connectivity index (χ0) is 14.4. The Balaban J connectivity index is 2.22. The van der Waals surface area contributed by atoms with Crippen molar-refractivity contribution in [3.05, 3.63) is 53.2 Å². The van der Waals surface area contributed by atoms with E-state index in [1.54, 1.807) is 6.20 Å². The average Bonchev–Trinajstić information content (AvgIpc) is 2.46. The molecule has 0 aliphatic carbocycles. The minimum absolute atomic E-state index is 0.178. The van der Waals surface area contributed by atoms with Crippen molar-refractivity contribution in [3.63, 3.8) is 0 Å². The van der Waals surface area contributed by atoms with E-state index >= 15 is 0 Å². The van der Waals surface area contributed by atoms with E-state index in [0.717, 1.165) is 22.7 Å². The monoisotopic (exact) mass is 290 g/mol. The molecule has 0 aliphatic heterocycles. The molecule has 0 amide bonds. The minimum atomic E-state index is 0.178. The maximum Gasteiger partial charge on any atom is 0.237 e. The molecule has 106 valence electrons. The molecule has 1 N–H and O–H groups in total. The highest BCUT2D eigenvalue weighted by atomic mass is 35.5. The van der Waals surface area contributed by atoms with Crippen molar-refractivity contribution in [1.29, 1.82) is 0 Å². The normalized spacial score (nSPS) is 11.9. The largest absolute Gasteiger partial charge is 0.476 e. The lowest BCUT2D eigenvalue weighted by atomic mass is 10.0. The Labute approximate surface area is 124 Å². The van der Waals surface area contributed by atoms with Gasteiger partial charge in [0.25, 0.3) is 0 Å². The molecule has 0 bridgehead atoms. The molecule has 3 nitrogen and oxygen atoms in total. The van der Waals surface area contributed by atoms with Crippen LogP contribution in [0.2, 0.25) is 5.02 Å². The summed E-state index contributed by atoms with van der Waals surface area (Å²) in [6.07, 6.45) is 2.68. The van der Waals surface area contributed by atoms with Gasteiger partial charge in [0.05, 0.1) is 18.3 Å². The first-order valence-electron chi connectivity index (χ1n) is 6.84. The summed E-state index contributed by atoms with van der Waals surface area (Å²) in [7, 11) is 0. The van der Waals surface area contributed by atoms with Crippen molar-refractivity contribution < 1.29 is 4.74 Å². The Bertz CT molecular complexity index is 560. The fraction of sp³-hybridized carbons (Fsp3) is 0.312. The molecule has 2 rings (SSSR count). The van der Waals surface area contributed by atoms with E-state index in [0.29, 0.717) is 12.5 Å². The third kappa shape index (κ3) is 3.64. The van der Waals surface area contributed by atoms with E-state index in [4.69, 9.17) is 16.3 Å². The number of hydrogen-bond acceptors (Lipinski definition) is 3. The molecule has 1 aromatic carbocycles. The number of hydrogen-bond donors (Lipinski definition) is 1. The first kappa shape index (κ1) is 14.7. The molecule has 0 fully saturated rings. The van der Waals surface area contributed by atoms with Crippen LogP contribution in [0.3, 0.4) is 0 Å². The van der Waals surface area contributed by atoms with E-state index in [1.807, 2.05) is 37.3 Å². The summed E-state index contributed by atoms with van der Waals surface area (Å²) in [5.41, 5.74) is 2.06. The van der Waals surface area contributed by atoms with E-state index in [2.05, 4.69) is 23.3 Å². The number of anilines is 1. The lowest BCUT2D eigenvalue weighted by molar-refractivity contribution is 0.328. The van der Waals surface area contributed by atoms with E-state index in [9.17, 15) is 0 Å². The summed E-state index contributed by atoms with van der Waals surface area (Å²) >= 11 is 6.07. The van der Waals surface area contributed by atoms with Crippen LogP contribution in [0.15, 0.2) is 42.6 Å². The van der Waals surface area contributed by atoms with Gasteiger partial charge in [-0.3, -0.25) is 0 Å². The van der Waals surface area contributed by atoms with Crippen LogP contribution < -0.4 is 10.1 Å². The number of ether oxygens (including phenoxy) is 1. The van der Waals surface area contributed by atoms with Crippen LogP contribution in [-0.2, 0) is 0 Å². The maximum absolute atomic E-state index is 6.07. The highest BCUT2D eigenvalue weighted by Crippen LogP contribution is 2.28. The van der Waals surface area contributed by atoms with E-state index in [1.165, 1.54) is 0 Å². The Morgan fingerprint density at radius 2 is 2.10 bits per heavy atom. The van der Waals surface area contributed by atoms with Crippen LogP contribution in [-0.4, -0.2) is 11.6 Å². The van der Waals surface area contributed by atoms with Gasteiger partial charge in [-0.1, -0.05) is 30.7 Å².